The number of hydrogen-bond donors (Lipinski definition) is 1. The molecule has 1 atom stereocenters. The van der Waals surface area contributed by atoms with Gasteiger partial charge in [0.05, 0.1) is 30.7 Å². The Hall–Kier alpha value is -2.61. The molecule has 6 rings (SSSR count). The second-order valence-electron chi connectivity index (χ2n) is 9.58. The fraction of sp³-hybridized carbons (Fsp3) is 0.444. The van der Waals surface area contributed by atoms with E-state index in [1.807, 2.05) is 23.6 Å². The Morgan fingerprint density at radius 2 is 2.03 bits per heavy atom. The highest BCUT2D eigenvalue weighted by Gasteiger charge is 2.24. The van der Waals surface area contributed by atoms with E-state index in [-0.39, 0.29) is 0 Å². The van der Waals surface area contributed by atoms with E-state index < -0.39 is 0 Å². The number of anilines is 1. The maximum atomic E-state index is 5.52. The summed E-state index contributed by atoms with van der Waals surface area (Å²) in [5.41, 5.74) is 3.84. The molecular weight excluding hydrogens is 442 g/mol. The van der Waals surface area contributed by atoms with Crippen molar-refractivity contribution in [1.82, 2.24) is 19.9 Å². The van der Waals surface area contributed by atoms with E-state index in [1.165, 1.54) is 33.2 Å². The minimum atomic E-state index is 0.747. The van der Waals surface area contributed by atoms with Crippen molar-refractivity contribution in [1.29, 1.82) is 0 Å². The third-order valence-corrected chi connectivity index (χ3v) is 8.22. The molecule has 0 amide bonds. The molecule has 1 unspecified atom stereocenters. The van der Waals surface area contributed by atoms with Gasteiger partial charge in [-0.1, -0.05) is 31.2 Å². The molecule has 2 aliphatic rings. The molecule has 1 saturated heterocycles. The number of rotatable bonds is 6. The molecule has 4 aromatic rings. The molecule has 6 nitrogen and oxygen atoms in total. The molecule has 0 radical (unpaired) electrons. The zero-order valence-corrected chi connectivity index (χ0v) is 20.5. The quantitative estimate of drug-likeness (QED) is 0.432. The van der Waals surface area contributed by atoms with Gasteiger partial charge in [0, 0.05) is 36.1 Å². The number of pyridine rings is 1. The highest BCUT2D eigenvalue weighted by Crippen LogP contribution is 2.40. The average molecular weight is 474 g/mol. The number of aromatic nitrogens is 3. The summed E-state index contributed by atoms with van der Waals surface area (Å²) in [7, 11) is 0. The topological polar surface area (TPSA) is 63.2 Å². The molecule has 1 N–H and O–H groups in total. The smallest absolute Gasteiger partial charge is 0.146 e. The van der Waals surface area contributed by atoms with Crippen LogP contribution < -0.4 is 5.32 Å². The zero-order chi connectivity index (χ0) is 22.9. The van der Waals surface area contributed by atoms with Gasteiger partial charge in [-0.05, 0) is 48.8 Å². The first-order valence-electron chi connectivity index (χ1n) is 12.4. The van der Waals surface area contributed by atoms with Crippen LogP contribution in [-0.4, -0.2) is 52.7 Å². The Kier molecular flexibility index (Phi) is 6.16. The van der Waals surface area contributed by atoms with Crippen LogP contribution in [0.3, 0.4) is 0 Å². The summed E-state index contributed by atoms with van der Waals surface area (Å²) in [5.74, 6) is 2.67. The number of ether oxygens (including phenoxy) is 1. The van der Waals surface area contributed by atoms with E-state index in [0.717, 1.165) is 86.6 Å². The normalized spacial score (nSPS) is 18.9. The molecule has 1 aromatic carbocycles. The maximum Gasteiger partial charge on any atom is 0.146 e. The van der Waals surface area contributed by atoms with Crippen molar-refractivity contribution in [2.45, 2.75) is 39.2 Å². The van der Waals surface area contributed by atoms with Crippen LogP contribution in [0.25, 0.3) is 21.1 Å². The molecule has 7 heteroatoms. The third-order valence-electron chi connectivity index (χ3n) is 7.07. The van der Waals surface area contributed by atoms with Gasteiger partial charge in [-0.25, -0.2) is 9.97 Å². The molecule has 1 aliphatic heterocycles. The predicted molar refractivity (Wildman–Crippen MR) is 139 cm³/mol. The molecule has 1 fully saturated rings. The lowest BCUT2D eigenvalue weighted by Gasteiger charge is -2.26. The summed E-state index contributed by atoms with van der Waals surface area (Å²) in [6.07, 6.45) is 6.32. The fourth-order valence-corrected chi connectivity index (χ4v) is 6.63. The van der Waals surface area contributed by atoms with Crippen LogP contribution in [0.1, 0.15) is 35.2 Å². The maximum absolute atomic E-state index is 5.52. The van der Waals surface area contributed by atoms with Gasteiger partial charge in [-0.3, -0.25) is 9.88 Å². The largest absolute Gasteiger partial charge is 0.379 e. The van der Waals surface area contributed by atoms with Crippen molar-refractivity contribution in [3.63, 3.8) is 0 Å². The number of thiophene rings is 1. The van der Waals surface area contributed by atoms with Crippen molar-refractivity contribution >= 4 is 38.3 Å². The molecule has 34 heavy (non-hydrogen) atoms. The van der Waals surface area contributed by atoms with Crippen molar-refractivity contribution < 1.29 is 4.74 Å². The average Bonchev–Trinajstić information content (AvgIpc) is 3.22. The Labute approximate surface area is 204 Å². The first-order chi connectivity index (χ1) is 16.7. The highest BCUT2D eigenvalue weighted by atomic mass is 32.1. The van der Waals surface area contributed by atoms with Crippen LogP contribution in [-0.2, 0) is 30.5 Å². The van der Waals surface area contributed by atoms with Gasteiger partial charge in [0.1, 0.15) is 16.5 Å². The van der Waals surface area contributed by atoms with E-state index in [9.17, 15) is 0 Å². The van der Waals surface area contributed by atoms with Crippen LogP contribution in [0, 0.1) is 5.92 Å². The summed E-state index contributed by atoms with van der Waals surface area (Å²) in [5, 5.41) is 6.16. The lowest BCUT2D eigenvalue weighted by Crippen LogP contribution is -2.36. The van der Waals surface area contributed by atoms with E-state index in [4.69, 9.17) is 14.7 Å². The van der Waals surface area contributed by atoms with Crippen LogP contribution >= 0.6 is 11.3 Å². The van der Waals surface area contributed by atoms with Gasteiger partial charge < -0.3 is 10.1 Å². The van der Waals surface area contributed by atoms with Gasteiger partial charge in [-0.15, -0.1) is 11.3 Å². The van der Waals surface area contributed by atoms with Gasteiger partial charge in [0.25, 0.3) is 0 Å². The molecule has 4 heterocycles. The third kappa shape index (κ3) is 4.40. The van der Waals surface area contributed by atoms with Gasteiger partial charge in [-0.2, -0.15) is 0 Å². The number of fused-ring (bicyclic) bond motifs is 4. The molecule has 3 aromatic heterocycles. The predicted octanol–water partition coefficient (Wildman–Crippen LogP) is 4.85. The van der Waals surface area contributed by atoms with Crippen LogP contribution in [0.4, 0.5) is 5.82 Å². The number of hydrogen-bond acceptors (Lipinski definition) is 7. The van der Waals surface area contributed by atoms with Crippen LogP contribution in [0.2, 0.25) is 0 Å². The van der Waals surface area contributed by atoms with Gasteiger partial charge >= 0.3 is 0 Å². The fourth-order valence-electron chi connectivity index (χ4n) is 5.23. The summed E-state index contributed by atoms with van der Waals surface area (Å²) < 4.78 is 5.52. The molecule has 0 saturated carbocycles. The summed E-state index contributed by atoms with van der Waals surface area (Å²) >= 11 is 1.88. The zero-order valence-electron chi connectivity index (χ0n) is 19.7. The van der Waals surface area contributed by atoms with Crippen molar-refractivity contribution in [2.75, 3.05) is 38.2 Å². The van der Waals surface area contributed by atoms with Gasteiger partial charge in [0.2, 0.25) is 0 Å². The summed E-state index contributed by atoms with van der Waals surface area (Å²) in [6.45, 7) is 7.42. The van der Waals surface area contributed by atoms with E-state index >= 15 is 0 Å². The monoisotopic (exact) mass is 473 g/mol. The Morgan fingerprint density at radius 1 is 1.15 bits per heavy atom. The minimum Gasteiger partial charge on any atom is -0.379 e. The second kappa shape index (κ2) is 9.56. The molecule has 0 bridgehead atoms. The first kappa shape index (κ1) is 21.9. The number of nitrogens with one attached hydrogen (secondary N) is 1. The number of morpholine rings is 1. The van der Waals surface area contributed by atoms with Crippen molar-refractivity contribution in [3.05, 3.63) is 58.4 Å². The Morgan fingerprint density at radius 3 is 2.94 bits per heavy atom. The molecule has 176 valence electrons. The summed E-state index contributed by atoms with van der Waals surface area (Å²) in [6, 6.07) is 10.6. The molecule has 0 spiro atoms. The first-order valence-corrected chi connectivity index (χ1v) is 13.2. The Balaban J connectivity index is 1.30. The minimum absolute atomic E-state index is 0.747. The van der Waals surface area contributed by atoms with E-state index in [1.54, 1.807) is 0 Å². The van der Waals surface area contributed by atoms with E-state index in [0.29, 0.717) is 0 Å². The second-order valence-corrected chi connectivity index (χ2v) is 10.7. The number of para-hydroxylation sites is 1. The highest BCUT2D eigenvalue weighted by molar-refractivity contribution is 7.19. The van der Waals surface area contributed by atoms with Crippen LogP contribution in [0.5, 0.6) is 0 Å². The SMILES string of the molecule is CC1CCc2c(sc3nc(CN4CCOCC4)nc(NCCc4cccc5cccnc45)c23)C1. The lowest BCUT2D eigenvalue weighted by atomic mass is 9.89. The van der Waals surface area contributed by atoms with Crippen molar-refractivity contribution in [3.8, 4) is 0 Å². The molecular formula is C27H31N5OS. The van der Waals surface area contributed by atoms with Crippen molar-refractivity contribution in [2.24, 2.45) is 5.92 Å². The molecule has 1 aliphatic carbocycles. The number of benzene rings is 1. The lowest BCUT2D eigenvalue weighted by molar-refractivity contribution is 0.0331. The summed E-state index contributed by atoms with van der Waals surface area (Å²) in [4.78, 5) is 19.8. The van der Waals surface area contributed by atoms with Gasteiger partial charge in [0.15, 0.2) is 0 Å². The number of aryl methyl sites for hydroxylation is 1. The Bertz CT molecular complexity index is 1310. The van der Waals surface area contributed by atoms with Crippen LogP contribution in [0.15, 0.2) is 36.5 Å². The standard InChI is InChI=1S/C27H31N5OS/c1-18-7-8-21-22(16-18)34-27-24(21)26(30-23(31-27)17-32-12-14-33-15-13-32)29-11-9-20-5-2-4-19-6-3-10-28-25(19)20/h2-6,10,18H,7-9,11-17H2,1H3,(H,29,30,31). The van der Waals surface area contributed by atoms with E-state index in [2.05, 4.69) is 46.4 Å². The number of nitrogens with zero attached hydrogens (tertiary/aromatic N) is 4.